The highest BCUT2D eigenvalue weighted by Crippen LogP contribution is 2.28. The summed E-state index contributed by atoms with van der Waals surface area (Å²) in [6.07, 6.45) is 1.66. The molecule has 2 aromatic heterocycles. The van der Waals surface area contributed by atoms with Crippen LogP contribution in [0, 0.1) is 0 Å². The van der Waals surface area contributed by atoms with Gasteiger partial charge in [0.05, 0.1) is 11.8 Å². The summed E-state index contributed by atoms with van der Waals surface area (Å²) >= 11 is 6.00. The lowest BCUT2D eigenvalue weighted by atomic mass is 10.1. The highest BCUT2D eigenvalue weighted by molar-refractivity contribution is 6.30. The van der Waals surface area contributed by atoms with Crippen LogP contribution in [0.15, 0.2) is 71.3 Å². The Morgan fingerprint density at radius 3 is 2.41 bits per heavy atom. The normalized spacial score (nSPS) is 15.1. The predicted molar refractivity (Wildman–Crippen MR) is 116 cm³/mol. The number of hydrogen-bond donors (Lipinski definition) is 0. The number of para-hydroxylation sites is 1. The van der Waals surface area contributed by atoms with Crippen LogP contribution in [-0.2, 0) is 6.54 Å². The largest absolute Gasteiger partial charge is 0.461 e. The zero-order valence-corrected chi connectivity index (χ0v) is 16.7. The van der Waals surface area contributed by atoms with E-state index in [2.05, 4.69) is 28.0 Å². The van der Waals surface area contributed by atoms with Gasteiger partial charge in [0, 0.05) is 43.1 Å². The molecule has 0 aliphatic carbocycles. The lowest BCUT2D eigenvalue weighted by Gasteiger charge is -2.36. The zero-order chi connectivity index (χ0) is 19.6. The van der Waals surface area contributed by atoms with Crippen LogP contribution in [0.2, 0.25) is 5.02 Å². The van der Waals surface area contributed by atoms with Gasteiger partial charge in [-0.2, -0.15) is 0 Å². The zero-order valence-electron chi connectivity index (χ0n) is 16.0. The lowest BCUT2D eigenvalue weighted by Crippen LogP contribution is -2.46. The summed E-state index contributed by atoms with van der Waals surface area (Å²) in [7, 11) is 0. The van der Waals surface area contributed by atoms with E-state index in [0.29, 0.717) is 11.6 Å². The monoisotopic (exact) mass is 404 g/mol. The third-order valence-electron chi connectivity index (χ3n) is 5.32. The molecule has 29 heavy (non-hydrogen) atoms. The van der Waals surface area contributed by atoms with Crippen molar-refractivity contribution in [3.05, 3.63) is 77.5 Å². The average Bonchev–Trinajstić information content (AvgIpc) is 3.30. The number of aromatic nitrogens is 2. The van der Waals surface area contributed by atoms with Crippen LogP contribution in [0.4, 0.5) is 5.82 Å². The molecule has 0 amide bonds. The molecule has 146 valence electrons. The lowest BCUT2D eigenvalue weighted by molar-refractivity contribution is 0.249. The van der Waals surface area contributed by atoms with Crippen molar-refractivity contribution in [3.8, 4) is 11.6 Å². The highest BCUT2D eigenvalue weighted by Gasteiger charge is 2.21. The first-order valence-corrected chi connectivity index (χ1v) is 10.2. The molecule has 5 nitrogen and oxygen atoms in total. The molecule has 6 heteroatoms. The van der Waals surface area contributed by atoms with Crippen LogP contribution in [0.25, 0.3) is 22.5 Å². The van der Waals surface area contributed by atoms with Gasteiger partial charge in [0.15, 0.2) is 11.6 Å². The number of nitrogens with zero attached hydrogens (tertiary/aromatic N) is 4. The Balaban J connectivity index is 1.38. The van der Waals surface area contributed by atoms with Crippen LogP contribution in [0.1, 0.15) is 5.56 Å². The topological polar surface area (TPSA) is 45.4 Å². The summed E-state index contributed by atoms with van der Waals surface area (Å²) < 4.78 is 5.54. The van der Waals surface area contributed by atoms with Crippen molar-refractivity contribution in [2.75, 3.05) is 31.1 Å². The van der Waals surface area contributed by atoms with Crippen molar-refractivity contribution < 1.29 is 4.42 Å². The molecule has 0 N–H and O–H groups in total. The first-order valence-electron chi connectivity index (χ1n) is 9.79. The molecule has 4 aromatic rings. The van der Waals surface area contributed by atoms with Crippen molar-refractivity contribution in [3.63, 3.8) is 0 Å². The van der Waals surface area contributed by atoms with Crippen LogP contribution in [0.5, 0.6) is 0 Å². The molecule has 0 atom stereocenters. The molecule has 1 aliphatic heterocycles. The molecule has 0 radical (unpaired) electrons. The molecule has 3 heterocycles. The summed E-state index contributed by atoms with van der Waals surface area (Å²) in [6, 6.07) is 20.0. The third-order valence-corrected chi connectivity index (χ3v) is 5.57. The van der Waals surface area contributed by atoms with Gasteiger partial charge in [0.1, 0.15) is 5.82 Å². The van der Waals surface area contributed by atoms with Crippen molar-refractivity contribution in [2.24, 2.45) is 0 Å². The quantitative estimate of drug-likeness (QED) is 0.485. The van der Waals surface area contributed by atoms with Crippen LogP contribution in [0.3, 0.4) is 0 Å². The van der Waals surface area contributed by atoms with Gasteiger partial charge < -0.3 is 9.32 Å². The van der Waals surface area contributed by atoms with E-state index in [4.69, 9.17) is 26.0 Å². The molecule has 5 rings (SSSR count). The Hall–Kier alpha value is -2.89. The molecule has 2 aromatic carbocycles. The standard InChI is InChI=1S/C23H21ClN4O/c24-18-9-7-17(8-10-18)16-27-11-13-28(14-12-27)23-19-4-1-2-5-20(19)25-22(26-23)21-6-3-15-29-21/h1-10,15H,11-14,16H2. The summed E-state index contributed by atoms with van der Waals surface area (Å²) in [5.41, 5.74) is 2.22. The van der Waals surface area contributed by atoms with Crippen molar-refractivity contribution in [1.29, 1.82) is 0 Å². The molecule has 0 bridgehead atoms. The molecule has 1 fully saturated rings. The second-order valence-corrected chi connectivity index (χ2v) is 7.69. The van der Waals surface area contributed by atoms with E-state index in [0.717, 1.165) is 54.5 Å². The molecule has 1 aliphatic rings. The fourth-order valence-corrected chi connectivity index (χ4v) is 3.91. The first kappa shape index (κ1) is 18.2. The van der Waals surface area contributed by atoms with Gasteiger partial charge in [0.25, 0.3) is 0 Å². The molecule has 1 saturated heterocycles. The third kappa shape index (κ3) is 3.84. The summed E-state index contributed by atoms with van der Waals surface area (Å²) in [4.78, 5) is 14.4. The average molecular weight is 405 g/mol. The summed E-state index contributed by atoms with van der Waals surface area (Å²) in [6.45, 7) is 4.75. The highest BCUT2D eigenvalue weighted by atomic mass is 35.5. The minimum atomic E-state index is 0.632. The minimum absolute atomic E-state index is 0.632. The van der Waals surface area contributed by atoms with E-state index in [1.54, 1.807) is 6.26 Å². The molecule has 0 saturated carbocycles. The van der Waals surface area contributed by atoms with E-state index in [1.807, 2.05) is 42.5 Å². The fraction of sp³-hybridized carbons (Fsp3) is 0.217. The number of hydrogen-bond acceptors (Lipinski definition) is 5. The molecule has 0 unspecified atom stereocenters. The second kappa shape index (κ2) is 7.85. The number of benzene rings is 2. The Morgan fingerprint density at radius 2 is 1.66 bits per heavy atom. The van der Waals surface area contributed by atoms with E-state index < -0.39 is 0 Å². The maximum atomic E-state index is 6.00. The Morgan fingerprint density at radius 1 is 0.862 bits per heavy atom. The predicted octanol–water partition coefficient (Wildman–Crippen LogP) is 4.87. The summed E-state index contributed by atoms with van der Waals surface area (Å²) in [5, 5.41) is 1.86. The van der Waals surface area contributed by atoms with E-state index >= 15 is 0 Å². The number of rotatable bonds is 4. The first-order chi connectivity index (χ1) is 14.3. The number of anilines is 1. The van der Waals surface area contributed by atoms with Crippen LogP contribution in [-0.4, -0.2) is 41.0 Å². The molecular formula is C23H21ClN4O. The van der Waals surface area contributed by atoms with Crippen molar-refractivity contribution in [2.45, 2.75) is 6.54 Å². The molecule has 0 spiro atoms. The van der Waals surface area contributed by atoms with Gasteiger partial charge >= 0.3 is 0 Å². The molecular weight excluding hydrogens is 384 g/mol. The second-order valence-electron chi connectivity index (χ2n) is 7.25. The van der Waals surface area contributed by atoms with Gasteiger partial charge in [-0.1, -0.05) is 35.9 Å². The van der Waals surface area contributed by atoms with Crippen molar-refractivity contribution in [1.82, 2.24) is 14.9 Å². The van der Waals surface area contributed by atoms with E-state index in [-0.39, 0.29) is 0 Å². The van der Waals surface area contributed by atoms with Gasteiger partial charge in [-0.25, -0.2) is 9.97 Å². The Bertz CT molecular complexity index is 1100. The number of piperazine rings is 1. The van der Waals surface area contributed by atoms with Crippen molar-refractivity contribution >= 4 is 28.3 Å². The Kier molecular flexibility index (Phi) is 4.92. The van der Waals surface area contributed by atoms with Gasteiger partial charge in [-0.3, -0.25) is 4.90 Å². The summed E-state index contributed by atoms with van der Waals surface area (Å²) in [5.74, 6) is 2.30. The SMILES string of the molecule is Clc1ccc(CN2CCN(c3nc(-c4ccco4)nc4ccccc34)CC2)cc1. The van der Waals surface area contributed by atoms with Gasteiger partial charge in [-0.05, 0) is 42.0 Å². The van der Waals surface area contributed by atoms with E-state index in [9.17, 15) is 0 Å². The number of furan rings is 1. The fourth-order valence-electron chi connectivity index (χ4n) is 3.78. The minimum Gasteiger partial charge on any atom is -0.461 e. The smallest absolute Gasteiger partial charge is 0.198 e. The van der Waals surface area contributed by atoms with Crippen LogP contribution < -0.4 is 4.90 Å². The van der Waals surface area contributed by atoms with Gasteiger partial charge in [-0.15, -0.1) is 0 Å². The van der Waals surface area contributed by atoms with E-state index in [1.165, 1.54) is 5.56 Å². The maximum absolute atomic E-state index is 6.00. The van der Waals surface area contributed by atoms with Gasteiger partial charge in [0.2, 0.25) is 0 Å². The Labute approximate surface area is 174 Å². The maximum Gasteiger partial charge on any atom is 0.198 e. The number of halogens is 1. The van der Waals surface area contributed by atoms with Crippen LogP contribution >= 0.6 is 11.6 Å². The number of fused-ring (bicyclic) bond motifs is 1.